The third-order valence-corrected chi connectivity index (χ3v) is 5.19. The van der Waals surface area contributed by atoms with Crippen molar-refractivity contribution in [2.24, 2.45) is 0 Å². The lowest BCUT2D eigenvalue weighted by Crippen LogP contribution is -2.52. The quantitative estimate of drug-likeness (QED) is 0.724. The predicted molar refractivity (Wildman–Crippen MR) is 115 cm³/mol. The van der Waals surface area contributed by atoms with Gasteiger partial charge in [-0.2, -0.15) is 0 Å². The number of hydrogen-bond donors (Lipinski definition) is 1. The average molecular weight is 425 g/mol. The average Bonchev–Trinajstić information content (AvgIpc) is 2.82. The maximum Gasteiger partial charge on any atom is 0.254 e. The molecule has 0 saturated carbocycles. The Hall–Kier alpha value is -3.55. The van der Waals surface area contributed by atoms with Crippen molar-refractivity contribution in [3.63, 3.8) is 0 Å². The highest BCUT2D eigenvalue weighted by atomic mass is 16.5. The highest BCUT2D eigenvalue weighted by Gasteiger charge is 2.25. The SMILES string of the molecule is COc1ccc(C(=O)N2CCN(C(=O)CNC(=O)Cc3ccccc3)CC2)cc1OC. The molecule has 1 N–H and O–H groups in total. The van der Waals surface area contributed by atoms with Crippen LogP contribution in [-0.2, 0) is 16.0 Å². The molecule has 0 unspecified atom stereocenters. The number of carbonyl (C=O) groups is 3. The molecule has 0 spiro atoms. The molecule has 8 nitrogen and oxygen atoms in total. The van der Waals surface area contributed by atoms with Gasteiger partial charge >= 0.3 is 0 Å². The molecule has 31 heavy (non-hydrogen) atoms. The van der Waals surface area contributed by atoms with Gasteiger partial charge in [-0.05, 0) is 23.8 Å². The number of hydrogen-bond acceptors (Lipinski definition) is 5. The Bertz CT molecular complexity index is 924. The van der Waals surface area contributed by atoms with Gasteiger partial charge in [-0.15, -0.1) is 0 Å². The van der Waals surface area contributed by atoms with E-state index in [-0.39, 0.29) is 30.7 Å². The fraction of sp³-hybridized carbons (Fsp3) is 0.348. The Kier molecular flexibility index (Phi) is 7.48. The minimum atomic E-state index is -0.193. The van der Waals surface area contributed by atoms with Crippen LogP contribution in [0.3, 0.4) is 0 Å². The lowest BCUT2D eigenvalue weighted by Gasteiger charge is -2.35. The topological polar surface area (TPSA) is 88.2 Å². The van der Waals surface area contributed by atoms with E-state index in [0.717, 1.165) is 5.56 Å². The summed E-state index contributed by atoms with van der Waals surface area (Å²) in [6.45, 7) is 1.65. The van der Waals surface area contributed by atoms with Crippen LogP contribution in [0.15, 0.2) is 48.5 Å². The largest absolute Gasteiger partial charge is 0.493 e. The summed E-state index contributed by atoms with van der Waals surface area (Å²) >= 11 is 0. The third kappa shape index (κ3) is 5.75. The highest BCUT2D eigenvalue weighted by molar-refractivity contribution is 5.95. The van der Waals surface area contributed by atoms with Crippen LogP contribution in [0.5, 0.6) is 11.5 Å². The van der Waals surface area contributed by atoms with Crippen molar-refractivity contribution in [2.45, 2.75) is 6.42 Å². The summed E-state index contributed by atoms with van der Waals surface area (Å²) in [5, 5.41) is 2.68. The Labute approximate surface area is 181 Å². The van der Waals surface area contributed by atoms with E-state index in [1.165, 1.54) is 7.11 Å². The normalized spacial score (nSPS) is 13.5. The Balaban J connectivity index is 1.47. The minimum Gasteiger partial charge on any atom is -0.493 e. The molecule has 1 aliphatic heterocycles. The summed E-state index contributed by atoms with van der Waals surface area (Å²) in [6, 6.07) is 14.4. The van der Waals surface area contributed by atoms with Crippen LogP contribution in [0.4, 0.5) is 0 Å². The van der Waals surface area contributed by atoms with Gasteiger partial charge in [-0.3, -0.25) is 14.4 Å². The van der Waals surface area contributed by atoms with Crippen molar-refractivity contribution in [1.29, 1.82) is 0 Å². The van der Waals surface area contributed by atoms with Gasteiger partial charge in [0.05, 0.1) is 27.2 Å². The third-order valence-electron chi connectivity index (χ3n) is 5.19. The number of benzene rings is 2. The minimum absolute atomic E-state index is 0.0463. The van der Waals surface area contributed by atoms with E-state index in [0.29, 0.717) is 43.2 Å². The molecule has 1 fully saturated rings. The van der Waals surface area contributed by atoms with Gasteiger partial charge in [0.2, 0.25) is 11.8 Å². The molecule has 0 aliphatic carbocycles. The first kappa shape index (κ1) is 22.1. The molecule has 1 heterocycles. The summed E-state index contributed by atoms with van der Waals surface area (Å²) in [4.78, 5) is 40.7. The molecule has 1 aliphatic rings. The first-order chi connectivity index (χ1) is 15.0. The van der Waals surface area contributed by atoms with Gasteiger partial charge < -0.3 is 24.6 Å². The van der Waals surface area contributed by atoms with Crippen LogP contribution in [0, 0.1) is 0 Å². The lowest BCUT2D eigenvalue weighted by atomic mass is 10.1. The van der Waals surface area contributed by atoms with Crippen LogP contribution in [-0.4, -0.2) is 74.5 Å². The van der Waals surface area contributed by atoms with Crippen LogP contribution >= 0.6 is 0 Å². The summed E-state index contributed by atoms with van der Waals surface area (Å²) in [7, 11) is 3.06. The first-order valence-electron chi connectivity index (χ1n) is 10.1. The van der Waals surface area contributed by atoms with E-state index < -0.39 is 0 Å². The standard InChI is InChI=1S/C23H27N3O5/c1-30-19-9-8-18(15-20(19)31-2)23(29)26-12-10-25(11-13-26)22(28)16-24-21(27)14-17-6-4-3-5-7-17/h3-9,15H,10-14,16H2,1-2H3,(H,24,27). The van der Waals surface area contributed by atoms with Crippen LogP contribution in [0.25, 0.3) is 0 Å². The number of ether oxygens (including phenoxy) is 2. The number of nitrogens with zero attached hydrogens (tertiary/aromatic N) is 2. The molecule has 2 aromatic rings. The summed E-state index contributed by atoms with van der Waals surface area (Å²) in [5.41, 5.74) is 1.40. The molecular formula is C23H27N3O5. The highest BCUT2D eigenvalue weighted by Crippen LogP contribution is 2.28. The number of amides is 3. The summed E-state index contributed by atoms with van der Waals surface area (Å²) in [5.74, 6) is 0.586. The molecule has 0 aromatic heterocycles. The van der Waals surface area contributed by atoms with Crippen molar-refractivity contribution in [2.75, 3.05) is 46.9 Å². The maximum atomic E-state index is 12.8. The van der Waals surface area contributed by atoms with Crippen molar-refractivity contribution in [1.82, 2.24) is 15.1 Å². The fourth-order valence-electron chi connectivity index (χ4n) is 3.44. The molecule has 3 amide bonds. The van der Waals surface area contributed by atoms with Gasteiger partial charge in [0.25, 0.3) is 5.91 Å². The lowest BCUT2D eigenvalue weighted by molar-refractivity contribution is -0.133. The molecule has 0 atom stereocenters. The smallest absolute Gasteiger partial charge is 0.254 e. The van der Waals surface area contributed by atoms with E-state index in [9.17, 15) is 14.4 Å². The van der Waals surface area contributed by atoms with Crippen molar-refractivity contribution in [3.8, 4) is 11.5 Å². The zero-order chi connectivity index (χ0) is 22.2. The number of carbonyl (C=O) groups excluding carboxylic acids is 3. The van der Waals surface area contributed by atoms with Gasteiger partial charge in [0, 0.05) is 31.7 Å². The number of rotatable bonds is 7. The van der Waals surface area contributed by atoms with Crippen LogP contribution < -0.4 is 14.8 Å². The first-order valence-corrected chi connectivity index (χ1v) is 10.1. The van der Waals surface area contributed by atoms with Crippen molar-refractivity contribution in [3.05, 3.63) is 59.7 Å². The molecule has 3 rings (SSSR count). The fourth-order valence-corrected chi connectivity index (χ4v) is 3.44. The van der Waals surface area contributed by atoms with E-state index in [2.05, 4.69) is 5.32 Å². The van der Waals surface area contributed by atoms with E-state index in [1.807, 2.05) is 30.3 Å². The summed E-state index contributed by atoms with van der Waals surface area (Å²) < 4.78 is 10.5. The van der Waals surface area contributed by atoms with Crippen molar-refractivity contribution < 1.29 is 23.9 Å². The second-order valence-corrected chi connectivity index (χ2v) is 7.18. The van der Waals surface area contributed by atoms with E-state index >= 15 is 0 Å². The van der Waals surface area contributed by atoms with Crippen LogP contribution in [0.1, 0.15) is 15.9 Å². The second kappa shape index (κ2) is 10.5. The molecular weight excluding hydrogens is 398 g/mol. The number of piperazine rings is 1. The maximum absolute atomic E-state index is 12.8. The molecule has 1 saturated heterocycles. The summed E-state index contributed by atoms with van der Waals surface area (Å²) in [6.07, 6.45) is 0.238. The zero-order valence-electron chi connectivity index (χ0n) is 17.8. The van der Waals surface area contributed by atoms with E-state index in [1.54, 1.807) is 35.1 Å². The van der Waals surface area contributed by atoms with Gasteiger partial charge in [-0.25, -0.2) is 0 Å². The molecule has 0 bridgehead atoms. The molecule has 0 radical (unpaired) electrons. The van der Waals surface area contributed by atoms with E-state index in [4.69, 9.17) is 9.47 Å². The van der Waals surface area contributed by atoms with Gasteiger partial charge in [0.1, 0.15) is 0 Å². The Morgan fingerprint density at radius 2 is 1.52 bits per heavy atom. The van der Waals surface area contributed by atoms with Crippen molar-refractivity contribution >= 4 is 17.7 Å². The van der Waals surface area contributed by atoms with Crippen LogP contribution in [0.2, 0.25) is 0 Å². The number of nitrogens with one attached hydrogen (secondary N) is 1. The predicted octanol–water partition coefficient (Wildman–Crippen LogP) is 1.35. The second-order valence-electron chi connectivity index (χ2n) is 7.18. The molecule has 164 valence electrons. The molecule has 8 heteroatoms. The Morgan fingerprint density at radius 3 is 2.16 bits per heavy atom. The number of methoxy groups -OCH3 is 2. The van der Waals surface area contributed by atoms with Gasteiger partial charge in [0.15, 0.2) is 11.5 Å². The monoisotopic (exact) mass is 425 g/mol. The molecule has 2 aromatic carbocycles. The Morgan fingerprint density at radius 1 is 0.871 bits per heavy atom. The van der Waals surface area contributed by atoms with Gasteiger partial charge in [-0.1, -0.05) is 30.3 Å². The zero-order valence-corrected chi connectivity index (χ0v) is 17.8.